The van der Waals surface area contributed by atoms with Gasteiger partial charge < -0.3 is 10.0 Å². The fourth-order valence-electron chi connectivity index (χ4n) is 2.17. The molecule has 0 aromatic heterocycles. The van der Waals surface area contributed by atoms with Crippen LogP contribution in [-0.2, 0) is 0 Å². The maximum atomic E-state index is 13.3. The number of carbonyl (C=O) groups is 1. The molecule has 4 nitrogen and oxygen atoms in total. The largest absolute Gasteiger partial charge is 0.394 e. The molecule has 2 rings (SSSR count). The minimum atomic E-state index is -1.09. The van der Waals surface area contributed by atoms with Gasteiger partial charge in [-0.3, -0.25) is 4.79 Å². The van der Waals surface area contributed by atoms with Crippen molar-refractivity contribution in [2.75, 3.05) is 13.2 Å². The average molecular weight is 248 g/mol. The molecule has 0 unspecified atom stereocenters. The lowest BCUT2D eigenvalue weighted by molar-refractivity contribution is 0.0673. The van der Waals surface area contributed by atoms with Crippen molar-refractivity contribution in [2.45, 2.75) is 18.6 Å². The zero-order valence-corrected chi connectivity index (χ0v) is 9.71. The van der Waals surface area contributed by atoms with E-state index in [0.29, 0.717) is 11.1 Å². The molecular weight excluding hydrogens is 235 g/mol. The molecule has 18 heavy (non-hydrogen) atoms. The first-order valence-corrected chi connectivity index (χ1v) is 5.71. The lowest BCUT2D eigenvalue weighted by Crippen LogP contribution is -2.37. The Morgan fingerprint density at radius 3 is 3.06 bits per heavy atom. The van der Waals surface area contributed by atoms with Gasteiger partial charge in [-0.1, -0.05) is 6.07 Å². The van der Waals surface area contributed by atoms with Crippen LogP contribution in [0.1, 0.15) is 22.3 Å². The Balaban J connectivity index is 2.23. The number of likely N-dealkylation sites (tertiary alicyclic amines) is 1. The summed E-state index contributed by atoms with van der Waals surface area (Å²) in [6.45, 7) is -0.245. The molecule has 1 aliphatic rings. The molecule has 1 aliphatic heterocycles. The van der Waals surface area contributed by atoms with E-state index >= 15 is 0 Å². The number of carbonyl (C=O) groups excluding carboxylic acids is 1. The molecule has 5 heteroatoms. The maximum absolute atomic E-state index is 13.3. The second-order valence-electron chi connectivity index (χ2n) is 4.32. The van der Waals surface area contributed by atoms with Crippen LogP contribution in [-0.4, -0.2) is 41.3 Å². The Morgan fingerprint density at radius 1 is 1.61 bits per heavy atom. The van der Waals surface area contributed by atoms with Crippen LogP contribution in [0.4, 0.5) is 4.39 Å². The van der Waals surface area contributed by atoms with Gasteiger partial charge >= 0.3 is 0 Å². The molecular formula is C13H13FN2O2. The van der Waals surface area contributed by atoms with Crippen molar-refractivity contribution in [2.24, 2.45) is 0 Å². The minimum absolute atomic E-state index is 0.000835. The van der Waals surface area contributed by atoms with Crippen molar-refractivity contribution in [1.82, 2.24) is 4.90 Å². The third-order valence-electron chi connectivity index (χ3n) is 3.07. The second kappa shape index (κ2) is 5.15. The van der Waals surface area contributed by atoms with Crippen LogP contribution in [0, 0.1) is 11.3 Å². The van der Waals surface area contributed by atoms with Crippen LogP contribution < -0.4 is 0 Å². The Kier molecular flexibility index (Phi) is 3.58. The number of alkyl halides is 1. The zero-order valence-electron chi connectivity index (χ0n) is 9.71. The number of rotatable bonds is 2. The normalized spacial score (nSPS) is 22.8. The summed E-state index contributed by atoms with van der Waals surface area (Å²) in [4.78, 5) is 13.5. The monoisotopic (exact) mass is 248 g/mol. The molecule has 1 N–H and O–H groups in total. The summed E-state index contributed by atoms with van der Waals surface area (Å²) in [5.74, 6) is -0.341. The molecule has 0 saturated carbocycles. The van der Waals surface area contributed by atoms with Gasteiger partial charge in [0, 0.05) is 12.0 Å². The molecule has 0 aliphatic carbocycles. The van der Waals surface area contributed by atoms with Crippen LogP contribution in [0.2, 0.25) is 0 Å². The summed E-state index contributed by atoms with van der Waals surface area (Å²) in [6, 6.07) is 7.75. The summed E-state index contributed by atoms with van der Waals surface area (Å²) in [6.07, 6.45) is -0.926. The number of halogens is 1. The number of hydrogen-bond donors (Lipinski definition) is 1. The van der Waals surface area contributed by atoms with Crippen LogP contribution in [0.15, 0.2) is 24.3 Å². The van der Waals surface area contributed by atoms with Crippen molar-refractivity contribution in [1.29, 1.82) is 5.26 Å². The molecule has 1 heterocycles. The minimum Gasteiger partial charge on any atom is -0.394 e. The third-order valence-corrected chi connectivity index (χ3v) is 3.07. The molecule has 0 bridgehead atoms. The quantitative estimate of drug-likeness (QED) is 0.852. The molecule has 1 aromatic rings. The summed E-state index contributed by atoms with van der Waals surface area (Å²) >= 11 is 0. The van der Waals surface area contributed by atoms with E-state index in [1.165, 1.54) is 11.0 Å². The van der Waals surface area contributed by atoms with Gasteiger partial charge in [-0.05, 0) is 18.2 Å². The fourth-order valence-corrected chi connectivity index (χ4v) is 2.17. The van der Waals surface area contributed by atoms with E-state index < -0.39 is 12.2 Å². The number of aliphatic hydroxyl groups is 1. The van der Waals surface area contributed by atoms with Gasteiger partial charge in [-0.25, -0.2) is 4.39 Å². The SMILES string of the molecule is N#Cc1cccc(C(=O)N2C[C@@H](F)C[C@H]2CO)c1. The summed E-state index contributed by atoms with van der Waals surface area (Å²) in [5.41, 5.74) is 0.735. The standard InChI is InChI=1S/C13H13FN2O2/c14-11-5-12(8-17)16(7-11)13(18)10-3-1-2-9(4-10)6-15/h1-4,11-12,17H,5,7-8H2/t11-,12-/m0/s1. The number of benzene rings is 1. The number of aliphatic hydroxyl groups excluding tert-OH is 1. The highest BCUT2D eigenvalue weighted by atomic mass is 19.1. The number of hydrogen-bond acceptors (Lipinski definition) is 3. The molecule has 2 atom stereocenters. The van der Waals surface area contributed by atoms with E-state index in [9.17, 15) is 9.18 Å². The number of nitrogens with zero attached hydrogens (tertiary/aromatic N) is 2. The average Bonchev–Trinajstić information content (AvgIpc) is 2.79. The van der Waals surface area contributed by atoms with E-state index in [4.69, 9.17) is 10.4 Å². The first-order valence-electron chi connectivity index (χ1n) is 5.71. The molecule has 1 amide bonds. The molecule has 1 fully saturated rings. The van der Waals surface area contributed by atoms with Gasteiger partial charge in [0.2, 0.25) is 0 Å². The molecule has 1 saturated heterocycles. The molecule has 0 radical (unpaired) electrons. The second-order valence-corrected chi connectivity index (χ2v) is 4.32. The van der Waals surface area contributed by atoms with E-state index in [1.54, 1.807) is 18.2 Å². The molecule has 94 valence electrons. The fraction of sp³-hybridized carbons (Fsp3) is 0.385. The first kappa shape index (κ1) is 12.5. The van der Waals surface area contributed by atoms with Crippen molar-refractivity contribution < 1.29 is 14.3 Å². The number of nitriles is 1. The maximum Gasteiger partial charge on any atom is 0.254 e. The Labute approximate surface area is 104 Å². The van der Waals surface area contributed by atoms with Gasteiger partial charge in [-0.2, -0.15) is 5.26 Å². The predicted molar refractivity (Wildman–Crippen MR) is 62.6 cm³/mol. The number of amides is 1. The van der Waals surface area contributed by atoms with E-state index in [2.05, 4.69) is 0 Å². The Hall–Kier alpha value is -1.93. The van der Waals surface area contributed by atoms with Crippen molar-refractivity contribution >= 4 is 5.91 Å². The van der Waals surface area contributed by atoms with Gasteiger partial charge in [0.1, 0.15) is 6.17 Å². The molecule has 1 aromatic carbocycles. The highest BCUT2D eigenvalue weighted by Gasteiger charge is 2.35. The molecule has 0 spiro atoms. The van der Waals surface area contributed by atoms with Gasteiger partial charge in [0.15, 0.2) is 0 Å². The van der Waals surface area contributed by atoms with Gasteiger partial charge in [-0.15, -0.1) is 0 Å². The van der Waals surface area contributed by atoms with Crippen LogP contribution in [0.25, 0.3) is 0 Å². The van der Waals surface area contributed by atoms with Crippen molar-refractivity contribution in [3.8, 4) is 6.07 Å². The van der Waals surface area contributed by atoms with Crippen LogP contribution in [0.5, 0.6) is 0 Å². The van der Waals surface area contributed by atoms with Gasteiger partial charge in [0.25, 0.3) is 5.91 Å². The zero-order chi connectivity index (χ0) is 13.1. The predicted octanol–water partition coefficient (Wildman–Crippen LogP) is 1.10. The summed E-state index contributed by atoms with van der Waals surface area (Å²) in [7, 11) is 0. The highest BCUT2D eigenvalue weighted by molar-refractivity contribution is 5.95. The van der Waals surface area contributed by atoms with Crippen LogP contribution >= 0.6 is 0 Å². The van der Waals surface area contributed by atoms with E-state index in [0.717, 1.165) is 0 Å². The highest BCUT2D eigenvalue weighted by Crippen LogP contribution is 2.22. The van der Waals surface area contributed by atoms with Crippen molar-refractivity contribution in [3.63, 3.8) is 0 Å². The van der Waals surface area contributed by atoms with Crippen molar-refractivity contribution in [3.05, 3.63) is 35.4 Å². The Morgan fingerprint density at radius 2 is 2.39 bits per heavy atom. The summed E-state index contributed by atoms with van der Waals surface area (Å²) < 4.78 is 13.3. The topological polar surface area (TPSA) is 64.3 Å². The van der Waals surface area contributed by atoms with E-state index in [-0.39, 0.29) is 25.5 Å². The smallest absolute Gasteiger partial charge is 0.254 e. The van der Waals surface area contributed by atoms with Crippen LogP contribution in [0.3, 0.4) is 0 Å². The lowest BCUT2D eigenvalue weighted by Gasteiger charge is -2.22. The third kappa shape index (κ3) is 2.34. The Bertz CT molecular complexity index is 498. The van der Waals surface area contributed by atoms with E-state index in [1.807, 2.05) is 6.07 Å². The summed E-state index contributed by atoms with van der Waals surface area (Å²) in [5, 5.41) is 17.9. The first-order chi connectivity index (χ1) is 8.65. The lowest BCUT2D eigenvalue weighted by atomic mass is 10.1. The van der Waals surface area contributed by atoms with Gasteiger partial charge in [0.05, 0.1) is 30.8 Å².